The number of fused-ring (bicyclic) bond motifs is 4. The normalized spacial score (nSPS) is 20.5. The summed E-state index contributed by atoms with van der Waals surface area (Å²) < 4.78 is 5.91. The fourth-order valence-corrected chi connectivity index (χ4v) is 4.80. The summed E-state index contributed by atoms with van der Waals surface area (Å²) in [5.74, 6) is 0.250. The molecule has 130 valence electrons. The maximum absolute atomic E-state index is 5.91. The van der Waals surface area contributed by atoms with Crippen LogP contribution >= 0.6 is 0 Å². The molecular formula is C26H20O. The molecule has 0 unspecified atom stereocenters. The quantitative estimate of drug-likeness (QED) is 0.344. The molecule has 0 bridgehead atoms. The predicted octanol–water partition coefficient (Wildman–Crippen LogP) is 6.25. The number of hydrogen-bond donors (Lipinski definition) is 0. The van der Waals surface area contributed by atoms with Gasteiger partial charge in [0.15, 0.2) is 0 Å². The third-order valence-electron chi connectivity index (χ3n) is 6.24. The van der Waals surface area contributed by atoms with Crippen LogP contribution in [0.3, 0.4) is 0 Å². The van der Waals surface area contributed by atoms with Crippen molar-refractivity contribution in [1.82, 2.24) is 0 Å². The molecule has 1 saturated heterocycles. The van der Waals surface area contributed by atoms with Gasteiger partial charge in [0.25, 0.3) is 0 Å². The van der Waals surface area contributed by atoms with E-state index in [-0.39, 0.29) is 11.5 Å². The number of benzene rings is 4. The summed E-state index contributed by atoms with van der Waals surface area (Å²) in [6, 6.07) is 31.0. The number of rotatable bonds is 2. The molecule has 1 heterocycles. The van der Waals surface area contributed by atoms with E-state index in [4.69, 9.17) is 4.74 Å². The SMILES string of the molecule is C[C@@]1(c2ccc3ccccc3c2C2c3ccccc3-c3ccccc32)CO1. The highest BCUT2D eigenvalue weighted by molar-refractivity contribution is 5.91. The van der Waals surface area contributed by atoms with Crippen LogP contribution in [0.5, 0.6) is 0 Å². The molecule has 1 heteroatoms. The van der Waals surface area contributed by atoms with Crippen molar-refractivity contribution in [1.29, 1.82) is 0 Å². The first-order valence-corrected chi connectivity index (χ1v) is 9.61. The second-order valence-corrected chi connectivity index (χ2v) is 7.87. The molecule has 0 N–H and O–H groups in total. The van der Waals surface area contributed by atoms with Gasteiger partial charge in [0.1, 0.15) is 5.60 Å². The van der Waals surface area contributed by atoms with Crippen LogP contribution in [0.2, 0.25) is 0 Å². The highest BCUT2D eigenvalue weighted by atomic mass is 16.6. The largest absolute Gasteiger partial charge is 0.365 e. The second kappa shape index (κ2) is 5.31. The van der Waals surface area contributed by atoms with Crippen LogP contribution < -0.4 is 0 Å². The van der Waals surface area contributed by atoms with Gasteiger partial charge in [0, 0.05) is 5.92 Å². The zero-order valence-electron chi connectivity index (χ0n) is 15.3. The standard InChI is InChI=1S/C26H20O/c1-26(16-27-26)23-15-14-17-8-2-3-9-18(17)25(23)24-21-12-6-4-10-19(21)20-11-5-7-13-22(20)24/h2-15,24H,16H2,1H3/t26-/m0/s1. The highest BCUT2D eigenvalue weighted by Gasteiger charge is 2.45. The molecule has 0 spiro atoms. The summed E-state index contributed by atoms with van der Waals surface area (Å²) in [7, 11) is 0. The first-order chi connectivity index (χ1) is 13.3. The lowest BCUT2D eigenvalue weighted by molar-refractivity contribution is 0.328. The van der Waals surface area contributed by atoms with Crippen molar-refractivity contribution < 1.29 is 4.74 Å². The summed E-state index contributed by atoms with van der Waals surface area (Å²) in [6.45, 7) is 3.02. The number of ether oxygens (including phenoxy) is 1. The van der Waals surface area contributed by atoms with Gasteiger partial charge in [-0.3, -0.25) is 0 Å². The lowest BCUT2D eigenvalue weighted by Gasteiger charge is -2.23. The Morgan fingerprint density at radius 2 is 1.33 bits per heavy atom. The first kappa shape index (κ1) is 15.2. The summed E-state index contributed by atoms with van der Waals surface area (Å²) in [6.07, 6.45) is 0. The molecule has 6 rings (SSSR count). The summed E-state index contributed by atoms with van der Waals surface area (Å²) in [5, 5.41) is 2.63. The van der Waals surface area contributed by atoms with E-state index < -0.39 is 0 Å². The molecule has 0 amide bonds. The fraction of sp³-hybridized carbons (Fsp3) is 0.154. The Bertz CT molecular complexity index is 1150. The Morgan fingerprint density at radius 1 is 0.741 bits per heavy atom. The minimum Gasteiger partial charge on any atom is -0.365 e. The number of epoxide rings is 1. The van der Waals surface area contributed by atoms with Crippen LogP contribution in [0.15, 0.2) is 84.9 Å². The van der Waals surface area contributed by atoms with Crippen LogP contribution in [-0.4, -0.2) is 6.61 Å². The third kappa shape index (κ3) is 2.09. The van der Waals surface area contributed by atoms with Gasteiger partial charge in [0.2, 0.25) is 0 Å². The van der Waals surface area contributed by atoms with E-state index in [1.165, 1.54) is 44.2 Å². The van der Waals surface area contributed by atoms with Crippen molar-refractivity contribution in [3.05, 3.63) is 107 Å². The average Bonchev–Trinajstić information content (AvgIpc) is 3.38. The van der Waals surface area contributed by atoms with Crippen LogP contribution in [0, 0.1) is 0 Å². The van der Waals surface area contributed by atoms with Gasteiger partial charge in [-0.25, -0.2) is 0 Å². The molecule has 1 atom stereocenters. The lowest BCUT2D eigenvalue weighted by atomic mass is 9.80. The smallest absolute Gasteiger partial charge is 0.114 e. The Balaban J connectivity index is 1.74. The van der Waals surface area contributed by atoms with E-state index >= 15 is 0 Å². The van der Waals surface area contributed by atoms with Crippen molar-refractivity contribution in [2.75, 3.05) is 6.61 Å². The topological polar surface area (TPSA) is 12.5 Å². The second-order valence-electron chi connectivity index (χ2n) is 7.87. The van der Waals surface area contributed by atoms with Crippen LogP contribution in [0.4, 0.5) is 0 Å². The van der Waals surface area contributed by atoms with Crippen molar-refractivity contribution in [3.8, 4) is 11.1 Å². The van der Waals surface area contributed by atoms with E-state index in [0.29, 0.717) is 0 Å². The van der Waals surface area contributed by atoms with E-state index in [9.17, 15) is 0 Å². The minimum absolute atomic E-state index is 0.161. The average molecular weight is 348 g/mol. The molecular weight excluding hydrogens is 328 g/mol. The van der Waals surface area contributed by atoms with Gasteiger partial charge in [-0.2, -0.15) is 0 Å². The Labute approximate surface area is 159 Å². The minimum atomic E-state index is -0.161. The van der Waals surface area contributed by atoms with Crippen molar-refractivity contribution in [2.24, 2.45) is 0 Å². The Morgan fingerprint density at radius 3 is 2.00 bits per heavy atom. The first-order valence-electron chi connectivity index (χ1n) is 9.61. The maximum Gasteiger partial charge on any atom is 0.114 e. The number of hydrogen-bond acceptors (Lipinski definition) is 1. The predicted molar refractivity (Wildman–Crippen MR) is 110 cm³/mol. The van der Waals surface area contributed by atoms with Gasteiger partial charge >= 0.3 is 0 Å². The van der Waals surface area contributed by atoms with Gasteiger partial charge in [-0.15, -0.1) is 0 Å². The molecule has 4 aromatic rings. The van der Waals surface area contributed by atoms with E-state index in [1.807, 2.05) is 0 Å². The molecule has 1 aliphatic carbocycles. The monoisotopic (exact) mass is 348 g/mol. The third-order valence-corrected chi connectivity index (χ3v) is 6.24. The van der Waals surface area contributed by atoms with Crippen LogP contribution in [0.25, 0.3) is 21.9 Å². The molecule has 0 saturated carbocycles. The maximum atomic E-state index is 5.91. The van der Waals surface area contributed by atoms with Gasteiger partial charge in [-0.05, 0) is 51.1 Å². The molecule has 27 heavy (non-hydrogen) atoms. The molecule has 4 aromatic carbocycles. The molecule has 0 radical (unpaired) electrons. The van der Waals surface area contributed by atoms with E-state index in [1.54, 1.807) is 0 Å². The molecule has 2 aliphatic rings. The Hall–Kier alpha value is -2.90. The van der Waals surface area contributed by atoms with Gasteiger partial charge in [-0.1, -0.05) is 84.9 Å². The van der Waals surface area contributed by atoms with Crippen LogP contribution in [-0.2, 0) is 10.3 Å². The summed E-state index contributed by atoms with van der Waals surface area (Å²) in [4.78, 5) is 0. The molecule has 0 aromatic heterocycles. The summed E-state index contributed by atoms with van der Waals surface area (Å²) in [5.41, 5.74) is 8.10. The zero-order valence-corrected chi connectivity index (χ0v) is 15.3. The zero-order chi connectivity index (χ0) is 18.0. The van der Waals surface area contributed by atoms with E-state index in [2.05, 4.69) is 91.9 Å². The highest BCUT2D eigenvalue weighted by Crippen LogP contribution is 2.53. The van der Waals surface area contributed by atoms with Gasteiger partial charge in [0.05, 0.1) is 6.61 Å². The van der Waals surface area contributed by atoms with Crippen LogP contribution in [0.1, 0.15) is 35.1 Å². The van der Waals surface area contributed by atoms with Gasteiger partial charge < -0.3 is 4.74 Å². The fourth-order valence-electron chi connectivity index (χ4n) is 4.80. The van der Waals surface area contributed by atoms with E-state index in [0.717, 1.165) is 6.61 Å². The summed E-state index contributed by atoms with van der Waals surface area (Å²) >= 11 is 0. The molecule has 1 aliphatic heterocycles. The lowest BCUT2D eigenvalue weighted by Crippen LogP contribution is -2.12. The molecule has 1 fully saturated rings. The van der Waals surface area contributed by atoms with Crippen molar-refractivity contribution >= 4 is 10.8 Å². The molecule has 1 nitrogen and oxygen atoms in total. The Kier molecular flexibility index (Phi) is 2.99. The van der Waals surface area contributed by atoms with Crippen molar-refractivity contribution in [3.63, 3.8) is 0 Å². The van der Waals surface area contributed by atoms with Crippen molar-refractivity contribution in [2.45, 2.75) is 18.4 Å².